The third-order valence-electron chi connectivity index (χ3n) is 2.22. The van der Waals surface area contributed by atoms with Crippen molar-refractivity contribution in [1.29, 1.82) is 0 Å². The first kappa shape index (κ1) is 10.5. The lowest BCUT2D eigenvalue weighted by molar-refractivity contribution is 0.578. The summed E-state index contributed by atoms with van der Waals surface area (Å²) in [5, 5.41) is 0. The van der Waals surface area contributed by atoms with Gasteiger partial charge in [0.1, 0.15) is 5.76 Å². The second kappa shape index (κ2) is 4.64. The highest BCUT2D eigenvalue weighted by Crippen LogP contribution is 2.23. The minimum atomic E-state index is 0.652. The Morgan fingerprint density at radius 1 is 1.20 bits per heavy atom. The molecule has 0 atom stereocenters. The molecule has 0 aliphatic rings. The molecule has 1 heterocycles. The van der Waals surface area contributed by atoms with E-state index in [2.05, 4.69) is 15.9 Å². The number of halogens is 1. The molecule has 78 valence electrons. The fourth-order valence-corrected chi connectivity index (χ4v) is 1.70. The normalized spacial score (nSPS) is 10.5. The third kappa shape index (κ3) is 2.49. The topological polar surface area (TPSA) is 39.2 Å². The molecule has 0 bridgehead atoms. The maximum Gasteiger partial charge on any atom is 0.134 e. The van der Waals surface area contributed by atoms with Crippen molar-refractivity contribution in [3.8, 4) is 11.3 Å². The molecule has 0 amide bonds. The summed E-state index contributed by atoms with van der Waals surface area (Å²) in [5.74, 6) is 0.894. The molecule has 0 fully saturated rings. The lowest BCUT2D eigenvalue weighted by Crippen LogP contribution is -2.01. The Balaban J connectivity index is 2.25. The van der Waals surface area contributed by atoms with Gasteiger partial charge < -0.3 is 10.2 Å². The smallest absolute Gasteiger partial charge is 0.134 e. The molecule has 0 saturated heterocycles. The Kier molecular flexibility index (Phi) is 3.23. The molecule has 1 aromatic heterocycles. The number of nitrogens with two attached hydrogens (primary N) is 1. The van der Waals surface area contributed by atoms with Crippen molar-refractivity contribution in [3.05, 3.63) is 46.6 Å². The van der Waals surface area contributed by atoms with E-state index >= 15 is 0 Å². The van der Waals surface area contributed by atoms with Crippen LogP contribution < -0.4 is 5.73 Å². The van der Waals surface area contributed by atoms with Crippen LogP contribution in [0.5, 0.6) is 0 Å². The van der Waals surface area contributed by atoms with Crippen molar-refractivity contribution < 1.29 is 4.42 Å². The summed E-state index contributed by atoms with van der Waals surface area (Å²) in [6.07, 6.45) is 2.63. The van der Waals surface area contributed by atoms with E-state index in [1.807, 2.05) is 30.3 Å². The van der Waals surface area contributed by atoms with E-state index in [1.165, 1.54) is 0 Å². The summed E-state index contributed by atoms with van der Waals surface area (Å²) in [6.45, 7) is 0.652. The van der Waals surface area contributed by atoms with E-state index in [-0.39, 0.29) is 0 Å². The maximum absolute atomic E-state index is 5.48. The molecular formula is C12H12BrNO. The van der Waals surface area contributed by atoms with Crippen molar-refractivity contribution in [1.82, 2.24) is 0 Å². The number of furan rings is 1. The average Bonchev–Trinajstić information content (AvgIpc) is 2.68. The Morgan fingerprint density at radius 2 is 1.93 bits per heavy atom. The first-order valence-corrected chi connectivity index (χ1v) is 5.62. The minimum absolute atomic E-state index is 0.652. The summed E-state index contributed by atoms with van der Waals surface area (Å²) < 4.78 is 6.54. The highest BCUT2D eigenvalue weighted by atomic mass is 79.9. The van der Waals surface area contributed by atoms with Crippen LogP contribution in [0.3, 0.4) is 0 Å². The van der Waals surface area contributed by atoms with Crippen LogP contribution >= 0.6 is 15.9 Å². The predicted octanol–water partition coefficient (Wildman–Crippen LogP) is 3.21. The zero-order chi connectivity index (χ0) is 10.7. The zero-order valence-electron chi connectivity index (χ0n) is 8.24. The molecule has 0 aliphatic carbocycles. The Morgan fingerprint density at radius 3 is 2.60 bits per heavy atom. The van der Waals surface area contributed by atoms with Crippen LogP contribution in [0.4, 0.5) is 0 Å². The van der Waals surface area contributed by atoms with Crippen LogP contribution in [0.15, 0.2) is 45.5 Å². The fourth-order valence-electron chi connectivity index (χ4n) is 1.44. The lowest BCUT2D eigenvalue weighted by atomic mass is 10.1. The highest BCUT2D eigenvalue weighted by Gasteiger charge is 2.03. The average molecular weight is 266 g/mol. The monoisotopic (exact) mass is 265 g/mol. The number of hydrogen-bond acceptors (Lipinski definition) is 2. The predicted molar refractivity (Wildman–Crippen MR) is 64.6 cm³/mol. The van der Waals surface area contributed by atoms with E-state index in [1.54, 1.807) is 6.26 Å². The van der Waals surface area contributed by atoms with Gasteiger partial charge in [0.2, 0.25) is 0 Å². The Labute approximate surface area is 97.2 Å². The van der Waals surface area contributed by atoms with Gasteiger partial charge in [-0.2, -0.15) is 0 Å². The van der Waals surface area contributed by atoms with Crippen LogP contribution in [-0.2, 0) is 6.42 Å². The lowest BCUT2D eigenvalue weighted by Gasteiger charge is -1.95. The van der Waals surface area contributed by atoms with Crippen molar-refractivity contribution in [2.75, 3.05) is 6.54 Å². The molecule has 0 saturated carbocycles. The van der Waals surface area contributed by atoms with Gasteiger partial charge in [-0.1, -0.05) is 28.1 Å². The van der Waals surface area contributed by atoms with Crippen molar-refractivity contribution in [2.24, 2.45) is 5.73 Å². The second-order valence-electron chi connectivity index (χ2n) is 3.36. The molecule has 1 aromatic carbocycles. The standard InChI is InChI=1S/C12H12BrNO/c13-11-3-1-10(2-4-11)12-7-9(5-6-14)8-15-12/h1-4,7-8H,5-6,14H2. The van der Waals surface area contributed by atoms with Gasteiger partial charge in [-0.25, -0.2) is 0 Å². The number of rotatable bonds is 3. The van der Waals surface area contributed by atoms with E-state index in [4.69, 9.17) is 10.2 Å². The van der Waals surface area contributed by atoms with Gasteiger partial charge in [0.15, 0.2) is 0 Å². The molecule has 0 radical (unpaired) electrons. The largest absolute Gasteiger partial charge is 0.464 e. The summed E-state index contributed by atoms with van der Waals surface area (Å²) in [5.41, 5.74) is 7.71. The molecule has 0 unspecified atom stereocenters. The Hall–Kier alpha value is -1.06. The van der Waals surface area contributed by atoms with Gasteiger partial charge in [-0.15, -0.1) is 0 Å². The highest BCUT2D eigenvalue weighted by molar-refractivity contribution is 9.10. The Bertz CT molecular complexity index is 433. The summed E-state index contributed by atoms with van der Waals surface area (Å²) in [7, 11) is 0. The summed E-state index contributed by atoms with van der Waals surface area (Å²) in [6, 6.07) is 10.1. The maximum atomic E-state index is 5.48. The summed E-state index contributed by atoms with van der Waals surface area (Å²) in [4.78, 5) is 0. The summed E-state index contributed by atoms with van der Waals surface area (Å²) >= 11 is 3.40. The van der Waals surface area contributed by atoms with Crippen LogP contribution in [-0.4, -0.2) is 6.54 Å². The van der Waals surface area contributed by atoms with E-state index in [9.17, 15) is 0 Å². The quantitative estimate of drug-likeness (QED) is 0.926. The van der Waals surface area contributed by atoms with Crippen molar-refractivity contribution in [2.45, 2.75) is 6.42 Å². The van der Waals surface area contributed by atoms with Crippen LogP contribution in [0, 0.1) is 0 Å². The van der Waals surface area contributed by atoms with Crippen LogP contribution in [0.1, 0.15) is 5.56 Å². The van der Waals surface area contributed by atoms with Gasteiger partial charge in [-0.3, -0.25) is 0 Å². The van der Waals surface area contributed by atoms with Gasteiger partial charge in [0.25, 0.3) is 0 Å². The van der Waals surface area contributed by atoms with Crippen LogP contribution in [0.2, 0.25) is 0 Å². The molecule has 0 aliphatic heterocycles. The van der Waals surface area contributed by atoms with E-state index < -0.39 is 0 Å². The first-order valence-electron chi connectivity index (χ1n) is 4.83. The van der Waals surface area contributed by atoms with Crippen molar-refractivity contribution in [3.63, 3.8) is 0 Å². The van der Waals surface area contributed by atoms with Gasteiger partial charge >= 0.3 is 0 Å². The molecule has 2 rings (SSSR count). The first-order chi connectivity index (χ1) is 7.29. The minimum Gasteiger partial charge on any atom is -0.464 e. The molecule has 2 aromatic rings. The van der Waals surface area contributed by atoms with E-state index in [0.29, 0.717) is 6.54 Å². The number of benzene rings is 1. The third-order valence-corrected chi connectivity index (χ3v) is 2.74. The van der Waals surface area contributed by atoms with Gasteiger partial charge in [0, 0.05) is 10.0 Å². The van der Waals surface area contributed by atoms with Crippen LogP contribution in [0.25, 0.3) is 11.3 Å². The molecule has 2 nitrogen and oxygen atoms in total. The van der Waals surface area contributed by atoms with E-state index in [0.717, 1.165) is 27.8 Å². The molecule has 0 spiro atoms. The molecular weight excluding hydrogens is 254 g/mol. The van der Waals surface area contributed by atoms with Crippen molar-refractivity contribution >= 4 is 15.9 Å². The van der Waals surface area contributed by atoms with Gasteiger partial charge in [-0.05, 0) is 36.7 Å². The molecule has 15 heavy (non-hydrogen) atoms. The molecule has 3 heteroatoms. The SMILES string of the molecule is NCCc1coc(-c2ccc(Br)cc2)c1. The van der Waals surface area contributed by atoms with Gasteiger partial charge in [0.05, 0.1) is 6.26 Å². The number of hydrogen-bond donors (Lipinski definition) is 1. The zero-order valence-corrected chi connectivity index (χ0v) is 9.83. The second-order valence-corrected chi connectivity index (χ2v) is 4.28. The molecule has 2 N–H and O–H groups in total. The fraction of sp³-hybridized carbons (Fsp3) is 0.167.